The fraction of sp³-hybridized carbons (Fsp3) is 0.231. The van der Waals surface area contributed by atoms with E-state index >= 15 is 0 Å². The average molecular weight is 572 g/mol. The van der Waals surface area contributed by atoms with Crippen LogP contribution in [-0.2, 0) is 19.6 Å². The number of hydrogen-bond donors (Lipinski definition) is 2. The summed E-state index contributed by atoms with van der Waals surface area (Å²) >= 11 is 3.36. The number of carbonyl (C=O) groups excluding carboxylic acids is 2. The molecule has 2 amide bonds. The van der Waals surface area contributed by atoms with E-state index in [1.165, 1.54) is 12.1 Å². The van der Waals surface area contributed by atoms with Crippen LogP contribution in [0.25, 0.3) is 0 Å². The first kappa shape index (κ1) is 25.9. The van der Waals surface area contributed by atoms with Crippen molar-refractivity contribution in [2.45, 2.75) is 23.8 Å². The summed E-state index contributed by atoms with van der Waals surface area (Å²) in [4.78, 5) is 26.0. The number of halogens is 1. The molecule has 1 atom stereocenters. The molecule has 0 radical (unpaired) electrons. The van der Waals surface area contributed by atoms with Crippen LogP contribution in [0.2, 0.25) is 0 Å². The van der Waals surface area contributed by atoms with E-state index in [9.17, 15) is 18.0 Å². The fourth-order valence-corrected chi connectivity index (χ4v) is 5.70. The molecule has 188 valence electrons. The zero-order valence-corrected chi connectivity index (χ0v) is 21.8. The Morgan fingerprint density at radius 1 is 1.00 bits per heavy atom. The maximum atomic E-state index is 13.5. The summed E-state index contributed by atoms with van der Waals surface area (Å²) in [7, 11) is -4.04. The number of nitrogens with one attached hydrogen (secondary N) is 2. The Kier molecular flexibility index (Phi) is 8.40. The zero-order valence-electron chi connectivity index (χ0n) is 19.4. The third kappa shape index (κ3) is 6.31. The first-order valence-electron chi connectivity index (χ1n) is 11.5. The molecule has 36 heavy (non-hydrogen) atoms. The van der Waals surface area contributed by atoms with Gasteiger partial charge in [-0.1, -0.05) is 52.3 Å². The molecule has 1 saturated heterocycles. The Morgan fingerprint density at radius 2 is 1.75 bits per heavy atom. The predicted molar refractivity (Wildman–Crippen MR) is 141 cm³/mol. The third-order valence-corrected chi connectivity index (χ3v) is 7.96. The van der Waals surface area contributed by atoms with Crippen LogP contribution in [0.3, 0.4) is 0 Å². The molecule has 0 bridgehead atoms. The van der Waals surface area contributed by atoms with Crippen molar-refractivity contribution in [1.29, 1.82) is 0 Å². The minimum atomic E-state index is -4.04. The van der Waals surface area contributed by atoms with Crippen molar-refractivity contribution < 1.29 is 22.7 Å². The number of rotatable bonds is 9. The lowest BCUT2D eigenvalue weighted by Crippen LogP contribution is -2.38. The first-order chi connectivity index (χ1) is 17.3. The van der Waals surface area contributed by atoms with Crippen molar-refractivity contribution in [2.75, 3.05) is 29.3 Å². The van der Waals surface area contributed by atoms with Crippen LogP contribution >= 0.6 is 15.9 Å². The Labute approximate surface area is 218 Å². The first-order valence-corrected chi connectivity index (χ1v) is 13.7. The van der Waals surface area contributed by atoms with Crippen molar-refractivity contribution >= 4 is 49.1 Å². The molecule has 4 rings (SSSR count). The van der Waals surface area contributed by atoms with Gasteiger partial charge in [0.05, 0.1) is 27.9 Å². The standard InChI is InChI=1S/C26H26BrN3O5S/c27-19-8-6-9-20(16-19)30(36(33,34)22-11-2-1-3-12-22)18-25(31)29-24-14-5-4-13-23(24)26(32)28-17-21-10-7-15-35-21/h1-6,8-9,11-14,16,21H,7,10,15,17-18H2,(H,28,32)(H,29,31)/t21-/m0/s1. The fourth-order valence-electron chi connectivity index (χ4n) is 3.88. The van der Waals surface area contributed by atoms with E-state index in [1.54, 1.807) is 66.7 Å². The van der Waals surface area contributed by atoms with Crippen molar-refractivity contribution in [3.63, 3.8) is 0 Å². The second-order valence-corrected chi connectivity index (χ2v) is 11.0. The van der Waals surface area contributed by atoms with Gasteiger partial charge in [-0.25, -0.2) is 8.42 Å². The molecule has 1 aliphatic rings. The van der Waals surface area contributed by atoms with Gasteiger partial charge in [0.1, 0.15) is 6.54 Å². The van der Waals surface area contributed by atoms with E-state index in [1.807, 2.05) is 0 Å². The molecule has 10 heteroatoms. The summed E-state index contributed by atoms with van der Waals surface area (Å²) in [6.45, 7) is 0.584. The van der Waals surface area contributed by atoms with E-state index in [4.69, 9.17) is 4.74 Å². The Bertz CT molecular complexity index is 1330. The van der Waals surface area contributed by atoms with Crippen LogP contribution in [0.5, 0.6) is 0 Å². The van der Waals surface area contributed by atoms with Crippen LogP contribution in [-0.4, -0.2) is 46.0 Å². The molecule has 1 aliphatic heterocycles. The van der Waals surface area contributed by atoms with Gasteiger partial charge in [-0.05, 0) is 55.3 Å². The molecule has 1 heterocycles. The van der Waals surface area contributed by atoms with Crippen LogP contribution < -0.4 is 14.9 Å². The Hall–Kier alpha value is -3.21. The number of ether oxygens (including phenoxy) is 1. The van der Waals surface area contributed by atoms with Gasteiger partial charge in [0.15, 0.2) is 0 Å². The minimum Gasteiger partial charge on any atom is -0.376 e. The van der Waals surface area contributed by atoms with Crippen LogP contribution in [0.15, 0.2) is 88.2 Å². The van der Waals surface area contributed by atoms with Crippen molar-refractivity contribution in [3.8, 4) is 0 Å². The lowest BCUT2D eigenvalue weighted by Gasteiger charge is -2.24. The van der Waals surface area contributed by atoms with E-state index < -0.39 is 22.5 Å². The van der Waals surface area contributed by atoms with Gasteiger partial charge in [0, 0.05) is 17.6 Å². The molecule has 3 aromatic rings. The number of hydrogen-bond acceptors (Lipinski definition) is 5. The maximum Gasteiger partial charge on any atom is 0.264 e. The lowest BCUT2D eigenvalue weighted by atomic mass is 10.1. The summed E-state index contributed by atoms with van der Waals surface area (Å²) in [6, 6.07) is 21.2. The minimum absolute atomic E-state index is 0.0161. The highest BCUT2D eigenvalue weighted by Crippen LogP contribution is 2.26. The van der Waals surface area contributed by atoms with Gasteiger partial charge < -0.3 is 15.4 Å². The van der Waals surface area contributed by atoms with Crippen molar-refractivity contribution in [1.82, 2.24) is 5.32 Å². The molecule has 3 aromatic carbocycles. The number of carbonyl (C=O) groups is 2. The zero-order chi connectivity index (χ0) is 25.5. The Morgan fingerprint density at radius 3 is 2.47 bits per heavy atom. The molecular weight excluding hydrogens is 546 g/mol. The summed E-state index contributed by atoms with van der Waals surface area (Å²) in [5, 5.41) is 5.56. The average Bonchev–Trinajstić information content (AvgIpc) is 3.40. The van der Waals surface area contributed by atoms with E-state index in [0.717, 1.165) is 17.1 Å². The molecular formula is C26H26BrN3O5S. The van der Waals surface area contributed by atoms with Crippen molar-refractivity contribution in [2.24, 2.45) is 0 Å². The van der Waals surface area contributed by atoms with Gasteiger partial charge in [0.2, 0.25) is 5.91 Å². The number of para-hydroxylation sites is 1. The molecule has 0 aliphatic carbocycles. The number of nitrogens with zero attached hydrogens (tertiary/aromatic N) is 1. The summed E-state index contributed by atoms with van der Waals surface area (Å²) in [5.41, 5.74) is 0.897. The molecule has 0 spiro atoms. The number of benzene rings is 3. The lowest BCUT2D eigenvalue weighted by molar-refractivity contribution is -0.114. The maximum absolute atomic E-state index is 13.5. The van der Waals surface area contributed by atoms with E-state index in [2.05, 4.69) is 26.6 Å². The van der Waals surface area contributed by atoms with Crippen LogP contribution in [0, 0.1) is 0 Å². The smallest absolute Gasteiger partial charge is 0.264 e. The highest BCUT2D eigenvalue weighted by atomic mass is 79.9. The highest BCUT2D eigenvalue weighted by Gasteiger charge is 2.28. The van der Waals surface area contributed by atoms with Crippen molar-refractivity contribution in [3.05, 3.63) is 88.9 Å². The quantitative estimate of drug-likeness (QED) is 0.400. The summed E-state index contributed by atoms with van der Waals surface area (Å²) < 4.78 is 34.2. The number of sulfonamides is 1. The van der Waals surface area contributed by atoms with E-state index in [0.29, 0.717) is 29.0 Å². The number of amides is 2. The SMILES string of the molecule is O=C(CN(c1cccc(Br)c1)S(=O)(=O)c1ccccc1)Nc1ccccc1C(=O)NC[C@@H]1CCCO1. The number of anilines is 2. The molecule has 2 N–H and O–H groups in total. The van der Waals surface area contributed by atoms with Gasteiger partial charge in [0.25, 0.3) is 15.9 Å². The largest absolute Gasteiger partial charge is 0.376 e. The topological polar surface area (TPSA) is 105 Å². The summed E-state index contributed by atoms with van der Waals surface area (Å²) in [6.07, 6.45) is 1.84. The molecule has 0 aromatic heterocycles. The monoisotopic (exact) mass is 571 g/mol. The summed E-state index contributed by atoms with van der Waals surface area (Å²) in [5.74, 6) is -0.934. The molecule has 0 unspecified atom stereocenters. The van der Waals surface area contributed by atoms with Crippen LogP contribution in [0.1, 0.15) is 23.2 Å². The predicted octanol–water partition coefficient (Wildman–Crippen LogP) is 4.19. The Balaban J connectivity index is 1.54. The van der Waals surface area contributed by atoms with Gasteiger partial charge in [-0.15, -0.1) is 0 Å². The molecule has 8 nitrogen and oxygen atoms in total. The van der Waals surface area contributed by atoms with Gasteiger partial charge in [-0.3, -0.25) is 13.9 Å². The van der Waals surface area contributed by atoms with E-state index in [-0.39, 0.29) is 22.5 Å². The highest BCUT2D eigenvalue weighted by molar-refractivity contribution is 9.10. The second kappa shape index (κ2) is 11.7. The van der Waals surface area contributed by atoms with Gasteiger partial charge in [-0.2, -0.15) is 0 Å². The normalized spacial score (nSPS) is 15.3. The van der Waals surface area contributed by atoms with Crippen LogP contribution in [0.4, 0.5) is 11.4 Å². The van der Waals surface area contributed by atoms with Gasteiger partial charge >= 0.3 is 0 Å². The molecule has 0 saturated carbocycles. The molecule has 1 fully saturated rings. The second-order valence-electron chi connectivity index (χ2n) is 8.24. The third-order valence-electron chi connectivity index (χ3n) is 5.67.